The molecule has 2 rings (SSSR count). The maximum atomic E-state index is 5.14. The highest BCUT2D eigenvalue weighted by atomic mass is 79.9. The fourth-order valence-electron chi connectivity index (χ4n) is 1.75. The largest absolute Gasteiger partial charge is 0.383 e. The molecule has 0 spiro atoms. The minimum atomic E-state index is 0.625. The van der Waals surface area contributed by atoms with Crippen LogP contribution >= 0.6 is 47.8 Å². The highest BCUT2D eigenvalue weighted by Gasteiger charge is 2.13. The third-order valence-corrected chi connectivity index (χ3v) is 4.00. The van der Waals surface area contributed by atoms with E-state index in [4.69, 9.17) is 4.74 Å². The normalized spacial score (nSPS) is 10.9. The van der Waals surface area contributed by atoms with Crippen molar-refractivity contribution in [3.63, 3.8) is 0 Å². The van der Waals surface area contributed by atoms with Gasteiger partial charge in [0.2, 0.25) is 0 Å². The molecule has 0 saturated heterocycles. The molecular formula is C12H12Br3N3O. The first-order valence-electron chi connectivity index (χ1n) is 5.59. The number of ether oxygens (including phenoxy) is 1. The van der Waals surface area contributed by atoms with E-state index in [0.717, 1.165) is 32.7 Å². The van der Waals surface area contributed by atoms with E-state index in [1.165, 1.54) is 0 Å². The zero-order chi connectivity index (χ0) is 13.8. The smallest absolute Gasteiger partial charge is 0.164 e. The number of hydrogen-bond donors (Lipinski definition) is 0. The van der Waals surface area contributed by atoms with Crippen LogP contribution in [0.2, 0.25) is 0 Å². The molecule has 1 aromatic heterocycles. The quantitative estimate of drug-likeness (QED) is 0.642. The number of benzene rings is 1. The fourth-order valence-corrected chi connectivity index (χ4v) is 3.46. The molecule has 0 N–H and O–H groups in total. The van der Waals surface area contributed by atoms with Gasteiger partial charge in [-0.2, -0.15) is 0 Å². The van der Waals surface area contributed by atoms with Gasteiger partial charge in [-0.05, 0) is 18.2 Å². The molecule has 0 aliphatic rings. The first kappa shape index (κ1) is 15.2. The predicted octanol–water partition coefficient (Wildman–Crippen LogP) is 4.01. The molecule has 0 atom stereocenters. The van der Waals surface area contributed by atoms with Crippen LogP contribution < -0.4 is 0 Å². The van der Waals surface area contributed by atoms with Crippen LogP contribution in [0.4, 0.5) is 0 Å². The zero-order valence-electron chi connectivity index (χ0n) is 10.2. The van der Waals surface area contributed by atoms with E-state index < -0.39 is 0 Å². The molecule has 0 radical (unpaired) electrons. The first-order chi connectivity index (χ1) is 9.15. The fraction of sp³-hybridized carbons (Fsp3) is 0.333. The minimum absolute atomic E-state index is 0.625. The molecule has 19 heavy (non-hydrogen) atoms. The monoisotopic (exact) mass is 451 g/mol. The van der Waals surface area contributed by atoms with Crippen molar-refractivity contribution in [1.82, 2.24) is 14.8 Å². The van der Waals surface area contributed by atoms with Crippen molar-refractivity contribution in [3.05, 3.63) is 33.0 Å². The van der Waals surface area contributed by atoms with Gasteiger partial charge in [-0.25, -0.2) is 0 Å². The average Bonchev–Trinajstić information content (AvgIpc) is 2.77. The third kappa shape index (κ3) is 3.65. The third-order valence-electron chi connectivity index (χ3n) is 2.59. The summed E-state index contributed by atoms with van der Waals surface area (Å²) in [5, 5.41) is 9.15. The number of methoxy groups -OCH3 is 1. The Morgan fingerprint density at radius 1 is 1.16 bits per heavy atom. The minimum Gasteiger partial charge on any atom is -0.383 e. The summed E-state index contributed by atoms with van der Waals surface area (Å²) in [7, 11) is 1.69. The SMILES string of the molecule is COCCn1c(CBr)nnc1-c1cc(Br)cc(Br)c1. The maximum absolute atomic E-state index is 5.14. The van der Waals surface area contributed by atoms with Gasteiger partial charge in [-0.1, -0.05) is 47.8 Å². The number of hydrogen-bond acceptors (Lipinski definition) is 3. The lowest BCUT2D eigenvalue weighted by atomic mass is 10.2. The van der Waals surface area contributed by atoms with Gasteiger partial charge in [0.15, 0.2) is 5.82 Å². The van der Waals surface area contributed by atoms with E-state index in [-0.39, 0.29) is 0 Å². The van der Waals surface area contributed by atoms with Gasteiger partial charge >= 0.3 is 0 Å². The standard InChI is InChI=1S/C12H12Br3N3O/c1-19-3-2-18-11(7-13)16-17-12(18)8-4-9(14)6-10(15)5-8/h4-6H,2-3,7H2,1H3. The molecule has 0 saturated carbocycles. The molecule has 0 amide bonds. The predicted molar refractivity (Wildman–Crippen MR) is 85.4 cm³/mol. The zero-order valence-corrected chi connectivity index (χ0v) is 15.0. The molecule has 0 aliphatic carbocycles. The summed E-state index contributed by atoms with van der Waals surface area (Å²) in [6.07, 6.45) is 0. The summed E-state index contributed by atoms with van der Waals surface area (Å²) < 4.78 is 9.20. The number of rotatable bonds is 5. The van der Waals surface area contributed by atoms with E-state index >= 15 is 0 Å². The van der Waals surface area contributed by atoms with Gasteiger partial charge in [0.1, 0.15) is 5.82 Å². The van der Waals surface area contributed by atoms with Crippen LogP contribution in [0.3, 0.4) is 0 Å². The first-order valence-corrected chi connectivity index (χ1v) is 8.30. The highest BCUT2D eigenvalue weighted by Crippen LogP contribution is 2.27. The van der Waals surface area contributed by atoms with Gasteiger partial charge < -0.3 is 9.30 Å². The second-order valence-electron chi connectivity index (χ2n) is 3.88. The van der Waals surface area contributed by atoms with Gasteiger partial charge in [-0.3, -0.25) is 0 Å². The van der Waals surface area contributed by atoms with Crippen LogP contribution in [0.15, 0.2) is 27.1 Å². The average molecular weight is 454 g/mol. The Labute approximate surface area is 136 Å². The summed E-state index contributed by atoms with van der Waals surface area (Å²) in [5.41, 5.74) is 1.01. The Kier molecular flexibility index (Phi) is 5.56. The molecule has 1 aromatic carbocycles. The second kappa shape index (κ2) is 6.97. The number of nitrogens with zero attached hydrogens (tertiary/aromatic N) is 3. The number of aromatic nitrogens is 3. The molecule has 0 unspecified atom stereocenters. The molecule has 102 valence electrons. The highest BCUT2D eigenvalue weighted by molar-refractivity contribution is 9.11. The van der Waals surface area contributed by atoms with Crippen molar-refractivity contribution < 1.29 is 4.74 Å². The summed E-state index contributed by atoms with van der Waals surface area (Å²) in [4.78, 5) is 0. The van der Waals surface area contributed by atoms with Crippen LogP contribution in [0.1, 0.15) is 5.82 Å². The van der Waals surface area contributed by atoms with Gasteiger partial charge in [0.25, 0.3) is 0 Å². The summed E-state index contributed by atoms with van der Waals surface area (Å²) in [6, 6.07) is 6.04. The van der Waals surface area contributed by atoms with Crippen LogP contribution in [-0.2, 0) is 16.6 Å². The van der Waals surface area contributed by atoms with E-state index in [2.05, 4.69) is 62.6 Å². The molecular weight excluding hydrogens is 442 g/mol. The summed E-state index contributed by atoms with van der Waals surface area (Å²) in [6.45, 7) is 1.35. The Morgan fingerprint density at radius 2 is 1.84 bits per heavy atom. The molecule has 0 aliphatic heterocycles. The Balaban J connectivity index is 2.45. The van der Waals surface area contributed by atoms with Gasteiger partial charge in [0, 0.05) is 28.2 Å². The second-order valence-corrected chi connectivity index (χ2v) is 6.27. The van der Waals surface area contributed by atoms with Crippen LogP contribution in [0.5, 0.6) is 0 Å². The topological polar surface area (TPSA) is 39.9 Å². The number of halogens is 3. The molecule has 2 aromatic rings. The molecule has 7 heteroatoms. The number of alkyl halides is 1. The Bertz CT molecular complexity index is 551. The lowest BCUT2D eigenvalue weighted by molar-refractivity contribution is 0.187. The van der Waals surface area contributed by atoms with Crippen LogP contribution in [0.25, 0.3) is 11.4 Å². The Morgan fingerprint density at radius 3 is 2.42 bits per heavy atom. The lowest BCUT2D eigenvalue weighted by Gasteiger charge is -2.09. The van der Waals surface area contributed by atoms with E-state index in [1.54, 1.807) is 7.11 Å². The van der Waals surface area contributed by atoms with E-state index in [1.807, 2.05) is 18.2 Å². The summed E-state index contributed by atoms with van der Waals surface area (Å²) in [5.74, 6) is 1.73. The van der Waals surface area contributed by atoms with Crippen molar-refractivity contribution in [3.8, 4) is 11.4 Å². The van der Waals surface area contributed by atoms with Gasteiger partial charge in [0.05, 0.1) is 11.9 Å². The maximum Gasteiger partial charge on any atom is 0.164 e. The van der Waals surface area contributed by atoms with E-state index in [9.17, 15) is 0 Å². The van der Waals surface area contributed by atoms with E-state index in [0.29, 0.717) is 11.9 Å². The van der Waals surface area contributed by atoms with Crippen molar-refractivity contribution in [2.75, 3.05) is 13.7 Å². The van der Waals surface area contributed by atoms with Crippen molar-refractivity contribution in [2.24, 2.45) is 0 Å². The molecule has 1 heterocycles. The van der Waals surface area contributed by atoms with Crippen molar-refractivity contribution in [2.45, 2.75) is 11.9 Å². The summed E-state index contributed by atoms with van der Waals surface area (Å²) >= 11 is 10.4. The lowest BCUT2D eigenvalue weighted by Crippen LogP contribution is -2.09. The van der Waals surface area contributed by atoms with Gasteiger partial charge in [-0.15, -0.1) is 10.2 Å². The molecule has 4 nitrogen and oxygen atoms in total. The molecule has 0 fully saturated rings. The molecule has 0 bridgehead atoms. The van der Waals surface area contributed by atoms with Crippen LogP contribution in [0, 0.1) is 0 Å². The van der Waals surface area contributed by atoms with Crippen molar-refractivity contribution in [1.29, 1.82) is 0 Å². The van der Waals surface area contributed by atoms with Crippen LogP contribution in [-0.4, -0.2) is 28.5 Å². The Hall–Kier alpha value is -0.240. The van der Waals surface area contributed by atoms with Crippen molar-refractivity contribution >= 4 is 47.8 Å².